The number of ether oxygens (including phenoxy) is 1. The Bertz CT molecular complexity index is 512. The van der Waals surface area contributed by atoms with Gasteiger partial charge in [0.2, 0.25) is 0 Å². The van der Waals surface area contributed by atoms with E-state index in [0.29, 0.717) is 13.0 Å². The fourth-order valence-electron chi connectivity index (χ4n) is 3.17. The molecule has 1 aromatic rings. The lowest BCUT2D eigenvalue weighted by Gasteiger charge is -2.12. The van der Waals surface area contributed by atoms with E-state index in [4.69, 9.17) is 4.74 Å². The zero-order valence-electron chi connectivity index (χ0n) is 16.8. The van der Waals surface area contributed by atoms with Crippen LogP contribution in [0.3, 0.4) is 0 Å². The number of aryl methyl sites for hydroxylation is 1. The topological polar surface area (TPSA) is 63.6 Å². The van der Waals surface area contributed by atoms with Crippen molar-refractivity contribution in [3.05, 3.63) is 35.9 Å². The number of esters is 1. The predicted molar refractivity (Wildman–Crippen MR) is 109 cm³/mol. The van der Waals surface area contributed by atoms with Crippen LogP contribution in [0.15, 0.2) is 30.3 Å². The number of hydrogen-bond acceptors (Lipinski definition) is 3. The molecule has 0 aliphatic carbocycles. The third-order valence-electron chi connectivity index (χ3n) is 4.88. The number of carboxylic acid groups (broad SMARTS) is 1. The summed E-state index contributed by atoms with van der Waals surface area (Å²) in [4.78, 5) is 23.4. The molecule has 1 unspecified atom stereocenters. The normalized spacial score (nSPS) is 11.9. The van der Waals surface area contributed by atoms with Gasteiger partial charge in [0.1, 0.15) is 0 Å². The molecule has 0 aliphatic heterocycles. The van der Waals surface area contributed by atoms with Crippen LogP contribution in [0.5, 0.6) is 0 Å². The molecule has 4 heteroatoms. The molecule has 0 fully saturated rings. The van der Waals surface area contributed by atoms with Gasteiger partial charge in [-0.2, -0.15) is 0 Å². The van der Waals surface area contributed by atoms with E-state index in [9.17, 15) is 14.7 Å². The molecule has 27 heavy (non-hydrogen) atoms. The van der Waals surface area contributed by atoms with Crippen LogP contribution in [0.4, 0.5) is 0 Å². The van der Waals surface area contributed by atoms with Gasteiger partial charge in [0.05, 0.1) is 6.61 Å². The molecule has 0 amide bonds. The van der Waals surface area contributed by atoms with Crippen molar-refractivity contribution in [2.75, 3.05) is 6.61 Å². The van der Waals surface area contributed by atoms with E-state index in [1.807, 2.05) is 18.2 Å². The maximum Gasteiger partial charge on any atom is 0.320 e. The summed E-state index contributed by atoms with van der Waals surface area (Å²) >= 11 is 0. The SMILES string of the molecule is CCCCCCCCCC(C(=O)O)C(=O)OCCCCCc1ccccc1. The molecule has 0 saturated carbocycles. The van der Waals surface area contributed by atoms with Crippen molar-refractivity contribution < 1.29 is 19.4 Å². The standard InChI is InChI=1S/C23H36O4/c1-2-3-4-5-6-7-13-18-21(22(24)25)23(26)27-19-14-9-12-17-20-15-10-8-11-16-20/h8,10-11,15-16,21H,2-7,9,12-14,17-19H2,1H3,(H,24,25). The van der Waals surface area contributed by atoms with Gasteiger partial charge in [-0.3, -0.25) is 9.59 Å². The highest BCUT2D eigenvalue weighted by atomic mass is 16.5. The van der Waals surface area contributed by atoms with Crippen LogP contribution in [0, 0.1) is 5.92 Å². The Kier molecular flexibility index (Phi) is 13.1. The van der Waals surface area contributed by atoms with Crippen LogP contribution in [-0.2, 0) is 20.7 Å². The Morgan fingerprint density at radius 3 is 2.19 bits per heavy atom. The van der Waals surface area contributed by atoms with E-state index < -0.39 is 17.9 Å². The van der Waals surface area contributed by atoms with Gasteiger partial charge < -0.3 is 9.84 Å². The van der Waals surface area contributed by atoms with E-state index >= 15 is 0 Å². The van der Waals surface area contributed by atoms with Gasteiger partial charge in [-0.15, -0.1) is 0 Å². The number of hydrogen-bond donors (Lipinski definition) is 1. The fraction of sp³-hybridized carbons (Fsp3) is 0.652. The summed E-state index contributed by atoms with van der Waals surface area (Å²) in [7, 11) is 0. The largest absolute Gasteiger partial charge is 0.481 e. The van der Waals surface area contributed by atoms with Crippen molar-refractivity contribution in [2.45, 2.75) is 84.0 Å². The van der Waals surface area contributed by atoms with E-state index in [0.717, 1.165) is 44.9 Å². The minimum absolute atomic E-state index is 0.314. The third-order valence-corrected chi connectivity index (χ3v) is 4.88. The molecule has 4 nitrogen and oxygen atoms in total. The number of unbranched alkanes of at least 4 members (excludes halogenated alkanes) is 8. The molecule has 0 aliphatic rings. The van der Waals surface area contributed by atoms with Crippen LogP contribution < -0.4 is 0 Å². The number of benzene rings is 1. The van der Waals surface area contributed by atoms with Crippen LogP contribution in [-0.4, -0.2) is 23.7 Å². The van der Waals surface area contributed by atoms with Gasteiger partial charge in [-0.25, -0.2) is 0 Å². The molecular formula is C23H36O4. The lowest BCUT2D eigenvalue weighted by molar-refractivity contribution is -0.159. The molecule has 1 N–H and O–H groups in total. The smallest absolute Gasteiger partial charge is 0.320 e. The molecule has 1 atom stereocenters. The minimum atomic E-state index is -1.06. The molecule has 0 saturated heterocycles. The molecule has 0 spiro atoms. The first kappa shape index (κ1) is 23.2. The second kappa shape index (κ2) is 15.2. The predicted octanol–water partition coefficient (Wildman–Crippen LogP) is 5.78. The number of carboxylic acids is 1. The van der Waals surface area contributed by atoms with Gasteiger partial charge in [-0.05, 0) is 37.7 Å². The van der Waals surface area contributed by atoms with E-state index in [-0.39, 0.29) is 0 Å². The average Bonchev–Trinajstić information content (AvgIpc) is 2.67. The quantitative estimate of drug-likeness (QED) is 0.225. The highest BCUT2D eigenvalue weighted by Crippen LogP contribution is 2.15. The van der Waals surface area contributed by atoms with Gasteiger partial charge in [0.15, 0.2) is 5.92 Å². The second-order valence-electron chi connectivity index (χ2n) is 7.26. The van der Waals surface area contributed by atoms with Crippen LogP contribution >= 0.6 is 0 Å². The molecule has 1 rings (SSSR count). The maximum atomic E-state index is 12.0. The molecule has 1 aromatic carbocycles. The first-order chi connectivity index (χ1) is 13.1. The van der Waals surface area contributed by atoms with Gasteiger partial charge >= 0.3 is 11.9 Å². The van der Waals surface area contributed by atoms with Crippen molar-refractivity contribution in [3.8, 4) is 0 Å². The van der Waals surface area contributed by atoms with E-state index in [1.54, 1.807) is 0 Å². The maximum absolute atomic E-state index is 12.0. The van der Waals surface area contributed by atoms with E-state index in [1.165, 1.54) is 31.2 Å². The van der Waals surface area contributed by atoms with Crippen molar-refractivity contribution in [1.29, 1.82) is 0 Å². The summed E-state index contributed by atoms with van der Waals surface area (Å²) < 4.78 is 5.21. The van der Waals surface area contributed by atoms with Crippen LogP contribution in [0.25, 0.3) is 0 Å². The number of carbonyl (C=O) groups excluding carboxylic acids is 1. The molecular weight excluding hydrogens is 340 g/mol. The fourth-order valence-corrected chi connectivity index (χ4v) is 3.17. The third kappa shape index (κ3) is 11.5. The molecule has 152 valence electrons. The van der Waals surface area contributed by atoms with Gasteiger partial charge in [-0.1, -0.05) is 82.2 Å². The molecule has 0 bridgehead atoms. The van der Waals surface area contributed by atoms with Gasteiger partial charge in [0, 0.05) is 0 Å². The molecule has 0 aromatic heterocycles. The average molecular weight is 377 g/mol. The summed E-state index contributed by atoms with van der Waals surface area (Å²) in [5.74, 6) is -2.64. The number of carbonyl (C=O) groups is 2. The zero-order valence-corrected chi connectivity index (χ0v) is 16.8. The summed E-state index contributed by atoms with van der Waals surface area (Å²) in [6.45, 7) is 2.50. The Balaban J connectivity index is 2.10. The summed E-state index contributed by atoms with van der Waals surface area (Å²) in [5, 5.41) is 9.28. The Hall–Kier alpha value is -1.84. The summed E-state index contributed by atoms with van der Waals surface area (Å²) in [5.41, 5.74) is 1.31. The molecule has 0 heterocycles. The van der Waals surface area contributed by atoms with E-state index in [2.05, 4.69) is 19.1 Å². The molecule has 0 radical (unpaired) electrons. The summed E-state index contributed by atoms with van der Waals surface area (Å²) in [6.07, 6.45) is 12.0. The highest BCUT2D eigenvalue weighted by molar-refractivity contribution is 5.93. The second-order valence-corrected chi connectivity index (χ2v) is 7.26. The Labute approximate surface area is 164 Å². The van der Waals surface area contributed by atoms with Crippen molar-refractivity contribution >= 4 is 11.9 Å². The van der Waals surface area contributed by atoms with Crippen molar-refractivity contribution in [3.63, 3.8) is 0 Å². The first-order valence-corrected chi connectivity index (χ1v) is 10.6. The minimum Gasteiger partial charge on any atom is -0.481 e. The highest BCUT2D eigenvalue weighted by Gasteiger charge is 2.27. The van der Waals surface area contributed by atoms with Crippen LogP contribution in [0.2, 0.25) is 0 Å². The van der Waals surface area contributed by atoms with Crippen molar-refractivity contribution in [1.82, 2.24) is 0 Å². The Morgan fingerprint density at radius 1 is 0.889 bits per heavy atom. The van der Waals surface area contributed by atoms with Crippen molar-refractivity contribution in [2.24, 2.45) is 5.92 Å². The number of aliphatic carboxylic acids is 1. The monoisotopic (exact) mass is 376 g/mol. The summed E-state index contributed by atoms with van der Waals surface area (Å²) in [6, 6.07) is 10.3. The zero-order chi connectivity index (χ0) is 19.7. The van der Waals surface area contributed by atoms with Gasteiger partial charge in [0.25, 0.3) is 0 Å². The number of rotatable bonds is 16. The van der Waals surface area contributed by atoms with Crippen LogP contribution in [0.1, 0.15) is 83.1 Å². The Morgan fingerprint density at radius 2 is 1.52 bits per heavy atom. The first-order valence-electron chi connectivity index (χ1n) is 10.6. The lowest BCUT2D eigenvalue weighted by Crippen LogP contribution is -2.26. The lowest BCUT2D eigenvalue weighted by atomic mass is 10.00.